The smallest absolute Gasteiger partial charge is 0.354 e. The topological polar surface area (TPSA) is 71.9 Å². The third kappa shape index (κ3) is 2.04. The number of anilines is 1. The number of ether oxygens (including phenoxy) is 2. The van der Waals surface area contributed by atoms with E-state index in [2.05, 4.69) is 4.98 Å². The summed E-state index contributed by atoms with van der Waals surface area (Å²) in [6.07, 6.45) is 0.695. The molecule has 6 nitrogen and oxygen atoms in total. The zero-order chi connectivity index (χ0) is 15.2. The van der Waals surface area contributed by atoms with Crippen molar-refractivity contribution < 1.29 is 19.4 Å². The fourth-order valence-electron chi connectivity index (χ4n) is 2.88. The summed E-state index contributed by atoms with van der Waals surface area (Å²) in [7, 11) is 0. The van der Waals surface area contributed by atoms with Crippen LogP contribution in [0.5, 0.6) is 11.5 Å². The van der Waals surface area contributed by atoms with Crippen LogP contribution in [0.3, 0.4) is 0 Å². The lowest BCUT2D eigenvalue weighted by atomic mass is 10.2. The quantitative estimate of drug-likeness (QED) is 0.916. The average molecular weight is 298 g/mol. The van der Waals surface area contributed by atoms with E-state index in [1.165, 1.54) is 6.07 Å². The second-order valence-electron chi connectivity index (χ2n) is 5.42. The molecule has 1 N–H and O–H groups in total. The Morgan fingerprint density at radius 1 is 1.14 bits per heavy atom. The fraction of sp³-hybridized carbons (Fsp3) is 0.250. The molecule has 1 spiro atoms. The van der Waals surface area contributed by atoms with Crippen molar-refractivity contribution in [2.24, 2.45) is 0 Å². The molecule has 0 saturated carbocycles. The van der Waals surface area contributed by atoms with Crippen molar-refractivity contribution in [3.63, 3.8) is 0 Å². The number of carbonyl (C=O) groups is 1. The molecule has 1 fully saturated rings. The number of para-hydroxylation sites is 2. The number of aromatic nitrogens is 1. The predicted molar refractivity (Wildman–Crippen MR) is 78.5 cm³/mol. The highest BCUT2D eigenvalue weighted by molar-refractivity contribution is 5.85. The maximum absolute atomic E-state index is 11.0. The molecule has 1 aromatic heterocycles. The van der Waals surface area contributed by atoms with Crippen molar-refractivity contribution in [3.8, 4) is 11.5 Å². The normalized spacial score (nSPS) is 17.9. The van der Waals surface area contributed by atoms with E-state index in [-0.39, 0.29) is 5.69 Å². The number of hydrogen-bond donors (Lipinski definition) is 1. The monoisotopic (exact) mass is 298 g/mol. The number of nitrogens with zero attached hydrogens (tertiary/aromatic N) is 2. The van der Waals surface area contributed by atoms with Crippen LogP contribution in [0.15, 0.2) is 42.5 Å². The summed E-state index contributed by atoms with van der Waals surface area (Å²) in [6, 6.07) is 12.6. The first-order chi connectivity index (χ1) is 10.7. The third-order valence-corrected chi connectivity index (χ3v) is 3.91. The van der Waals surface area contributed by atoms with Gasteiger partial charge in [0.1, 0.15) is 5.82 Å². The van der Waals surface area contributed by atoms with Crippen molar-refractivity contribution in [3.05, 3.63) is 48.2 Å². The van der Waals surface area contributed by atoms with Gasteiger partial charge in [0.25, 0.3) is 5.79 Å². The van der Waals surface area contributed by atoms with E-state index < -0.39 is 11.8 Å². The van der Waals surface area contributed by atoms with Crippen LogP contribution in [0.1, 0.15) is 16.9 Å². The van der Waals surface area contributed by atoms with E-state index in [0.29, 0.717) is 25.3 Å². The van der Waals surface area contributed by atoms with Gasteiger partial charge in [0.2, 0.25) is 0 Å². The second-order valence-corrected chi connectivity index (χ2v) is 5.42. The van der Waals surface area contributed by atoms with Crippen LogP contribution < -0.4 is 14.4 Å². The highest BCUT2D eigenvalue weighted by Crippen LogP contribution is 2.43. The first-order valence-corrected chi connectivity index (χ1v) is 7.08. The number of rotatable bonds is 2. The van der Waals surface area contributed by atoms with Crippen LogP contribution in [-0.2, 0) is 0 Å². The zero-order valence-corrected chi connectivity index (χ0v) is 11.7. The molecule has 0 bridgehead atoms. The first-order valence-electron chi connectivity index (χ1n) is 7.08. The van der Waals surface area contributed by atoms with E-state index in [9.17, 15) is 4.79 Å². The highest BCUT2D eigenvalue weighted by atomic mass is 16.7. The van der Waals surface area contributed by atoms with Gasteiger partial charge in [0, 0.05) is 13.0 Å². The molecule has 4 rings (SSSR count). The maximum Gasteiger partial charge on any atom is 0.354 e. The van der Waals surface area contributed by atoms with Gasteiger partial charge in [0.15, 0.2) is 17.2 Å². The van der Waals surface area contributed by atoms with E-state index in [4.69, 9.17) is 14.6 Å². The van der Waals surface area contributed by atoms with Crippen molar-refractivity contribution in [1.82, 2.24) is 4.98 Å². The van der Waals surface area contributed by atoms with Gasteiger partial charge < -0.3 is 19.5 Å². The number of pyridine rings is 1. The van der Waals surface area contributed by atoms with Crippen LogP contribution in [-0.4, -0.2) is 34.9 Å². The van der Waals surface area contributed by atoms with Crippen LogP contribution in [0, 0.1) is 0 Å². The molecule has 0 atom stereocenters. The summed E-state index contributed by atoms with van der Waals surface area (Å²) < 4.78 is 12.0. The molecule has 0 unspecified atom stereocenters. The number of benzene rings is 1. The van der Waals surface area contributed by atoms with E-state index in [1.54, 1.807) is 12.1 Å². The van der Waals surface area contributed by atoms with Crippen LogP contribution in [0.4, 0.5) is 5.82 Å². The van der Waals surface area contributed by atoms with E-state index in [0.717, 1.165) is 11.5 Å². The molecule has 1 aromatic carbocycles. The number of carboxylic acid groups (broad SMARTS) is 1. The van der Waals surface area contributed by atoms with Crippen LogP contribution in [0.25, 0.3) is 0 Å². The average Bonchev–Trinajstić information content (AvgIpc) is 3.10. The molecule has 1 saturated heterocycles. The van der Waals surface area contributed by atoms with Crippen molar-refractivity contribution in [1.29, 1.82) is 0 Å². The molecule has 0 radical (unpaired) electrons. The molecule has 6 heteroatoms. The maximum atomic E-state index is 11.0. The number of fused-ring (bicyclic) bond motifs is 1. The van der Waals surface area contributed by atoms with Gasteiger partial charge >= 0.3 is 5.97 Å². The molecular formula is C16H14N2O4. The van der Waals surface area contributed by atoms with Gasteiger partial charge in [-0.2, -0.15) is 0 Å². The Balaban J connectivity index is 1.57. The zero-order valence-electron chi connectivity index (χ0n) is 11.7. The molecule has 2 aliphatic rings. The molecule has 112 valence electrons. The van der Waals surface area contributed by atoms with Crippen LogP contribution >= 0.6 is 0 Å². The second kappa shape index (κ2) is 4.62. The van der Waals surface area contributed by atoms with Gasteiger partial charge in [-0.15, -0.1) is 0 Å². The Kier molecular flexibility index (Phi) is 2.72. The predicted octanol–water partition coefficient (Wildman–Crippen LogP) is 2.16. The molecule has 2 aliphatic heterocycles. The summed E-state index contributed by atoms with van der Waals surface area (Å²) in [5.74, 6) is 0.384. The molecule has 0 aliphatic carbocycles. The van der Waals surface area contributed by atoms with Gasteiger partial charge in [-0.1, -0.05) is 18.2 Å². The number of aromatic carboxylic acids is 1. The largest absolute Gasteiger partial charge is 0.477 e. The molecule has 22 heavy (non-hydrogen) atoms. The van der Waals surface area contributed by atoms with Crippen molar-refractivity contribution in [2.45, 2.75) is 12.2 Å². The molecule has 3 heterocycles. The third-order valence-electron chi connectivity index (χ3n) is 3.91. The fourth-order valence-corrected chi connectivity index (χ4v) is 2.88. The Bertz CT molecular complexity index is 721. The Morgan fingerprint density at radius 3 is 2.55 bits per heavy atom. The van der Waals surface area contributed by atoms with Gasteiger partial charge in [-0.25, -0.2) is 9.78 Å². The standard InChI is InChI=1S/C16H14N2O4/c19-15(20)11-4-3-7-14(17-11)18-9-8-16(10-18)21-12-5-1-2-6-13(12)22-16/h1-7H,8-10H2,(H,19,20). The first kappa shape index (κ1) is 12.9. The van der Waals surface area contributed by atoms with Crippen LogP contribution in [0.2, 0.25) is 0 Å². The molecule has 2 aromatic rings. The number of hydrogen-bond acceptors (Lipinski definition) is 5. The lowest BCUT2D eigenvalue weighted by Crippen LogP contribution is -2.41. The summed E-state index contributed by atoms with van der Waals surface area (Å²) in [5.41, 5.74) is 0.0370. The Labute approximate surface area is 126 Å². The van der Waals surface area contributed by atoms with Crippen molar-refractivity contribution >= 4 is 11.8 Å². The highest BCUT2D eigenvalue weighted by Gasteiger charge is 2.47. The summed E-state index contributed by atoms with van der Waals surface area (Å²) in [6.45, 7) is 1.21. The van der Waals surface area contributed by atoms with Crippen molar-refractivity contribution in [2.75, 3.05) is 18.0 Å². The minimum absolute atomic E-state index is 0.0370. The summed E-state index contributed by atoms with van der Waals surface area (Å²) in [4.78, 5) is 17.2. The molecule has 0 amide bonds. The lowest BCUT2D eigenvalue weighted by molar-refractivity contribution is -0.0577. The van der Waals surface area contributed by atoms with Gasteiger partial charge in [-0.3, -0.25) is 0 Å². The van der Waals surface area contributed by atoms with E-state index in [1.807, 2.05) is 29.2 Å². The molecular weight excluding hydrogens is 284 g/mol. The minimum atomic E-state index is -1.03. The Hall–Kier alpha value is -2.76. The number of carboxylic acids is 1. The summed E-state index contributed by atoms with van der Waals surface area (Å²) in [5, 5.41) is 9.05. The Morgan fingerprint density at radius 2 is 1.86 bits per heavy atom. The van der Waals surface area contributed by atoms with E-state index >= 15 is 0 Å². The van der Waals surface area contributed by atoms with Gasteiger partial charge in [-0.05, 0) is 24.3 Å². The van der Waals surface area contributed by atoms with Gasteiger partial charge in [0.05, 0.1) is 6.54 Å². The minimum Gasteiger partial charge on any atom is -0.477 e. The lowest BCUT2D eigenvalue weighted by Gasteiger charge is -2.23. The SMILES string of the molecule is O=C(O)c1cccc(N2CCC3(C2)Oc2ccccc2O3)n1. The summed E-state index contributed by atoms with van der Waals surface area (Å²) >= 11 is 0.